The van der Waals surface area contributed by atoms with Gasteiger partial charge in [-0.15, -0.1) is 0 Å². The van der Waals surface area contributed by atoms with Gasteiger partial charge < -0.3 is 0 Å². The first kappa shape index (κ1) is 16.4. The zero-order valence-electron chi connectivity index (χ0n) is 11.4. The lowest BCUT2D eigenvalue weighted by molar-refractivity contribution is 0.368. The Morgan fingerprint density at radius 3 is 1.71 bits per heavy atom. The van der Waals surface area contributed by atoms with Gasteiger partial charge in [-0.25, -0.2) is 0 Å². The summed E-state index contributed by atoms with van der Waals surface area (Å²) in [5.74, 6) is 1.90. The van der Waals surface area contributed by atoms with E-state index in [0.29, 0.717) is 0 Å². The molecule has 0 aliphatic carbocycles. The van der Waals surface area contributed by atoms with Crippen LogP contribution in [0.5, 0.6) is 0 Å². The first-order valence-corrected chi connectivity index (χ1v) is 6.70. The van der Waals surface area contributed by atoms with Gasteiger partial charge in [0, 0.05) is 0 Å². The predicted molar refractivity (Wildman–Crippen MR) is 68.7 cm³/mol. The smallest absolute Gasteiger partial charge is 0.0440 e. The third-order valence-electron chi connectivity index (χ3n) is 2.64. The maximum absolute atomic E-state index is 2.40. The Kier molecular flexibility index (Phi) is 15.3. The number of hydrogen-bond donors (Lipinski definition) is 0. The molecule has 0 radical (unpaired) electrons. The summed E-state index contributed by atoms with van der Waals surface area (Å²) in [7, 11) is 0. The molecule has 0 N–H and O–H groups in total. The van der Waals surface area contributed by atoms with E-state index >= 15 is 0 Å². The van der Waals surface area contributed by atoms with Gasteiger partial charge in [-0.3, -0.25) is 0 Å². The highest BCUT2D eigenvalue weighted by molar-refractivity contribution is 4.59. The number of rotatable bonds is 7. The lowest BCUT2D eigenvalue weighted by Gasteiger charge is -2.15. The molecule has 0 aromatic rings. The van der Waals surface area contributed by atoms with Crippen LogP contribution in [0.2, 0.25) is 0 Å². The van der Waals surface area contributed by atoms with Crippen molar-refractivity contribution in [3.05, 3.63) is 0 Å². The van der Waals surface area contributed by atoms with Crippen molar-refractivity contribution in [1.82, 2.24) is 0 Å². The second-order valence-electron chi connectivity index (χ2n) is 4.38. The lowest BCUT2D eigenvalue weighted by Crippen LogP contribution is -2.02. The van der Waals surface area contributed by atoms with Gasteiger partial charge in [-0.1, -0.05) is 73.6 Å². The molecule has 0 spiro atoms. The van der Waals surface area contributed by atoms with Crippen LogP contribution in [-0.4, -0.2) is 0 Å². The largest absolute Gasteiger partial charge is 0.0683 e. The van der Waals surface area contributed by atoms with E-state index in [-0.39, 0.29) is 0 Å². The molecule has 0 heterocycles. The molecule has 0 aromatic carbocycles. The Labute approximate surface area is 92.5 Å². The summed E-state index contributed by atoms with van der Waals surface area (Å²) in [6.45, 7) is 13.4. The van der Waals surface area contributed by atoms with Crippen LogP contribution in [0.4, 0.5) is 0 Å². The zero-order chi connectivity index (χ0) is 11.4. The Hall–Kier alpha value is 0. The van der Waals surface area contributed by atoms with E-state index in [4.69, 9.17) is 0 Å². The molecule has 0 amide bonds. The average Bonchev–Trinajstić information content (AvgIpc) is 2.18. The third-order valence-corrected chi connectivity index (χ3v) is 2.64. The highest BCUT2D eigenvalue weighted by Gasteiger charge is 2.06. The van der Waals surface area contributed by atoms with E-state index in [1.807, 2.05) is 13.8 Å². The van der Waals surface area contributed by atoms with Crippen LogP contribution in [0.1, 0.15) is 80.1 Å². The van der Waals surface area contributed by atoms with Crippen molar-refractivity contribution in [3.8, 4) is 0 Å². The van der Waals surface area contributed by atoms with Crippen LogP contribution in [0.25, 0.3) is 0 Å². The molecule has 0 aliphatic heterocycles. The monoisotopic (exact) mass is 200 g/mol. The quantitative estimate of drug-likeness (QED) is 0.497. The maximum atomic E-state index is 2.40. The topological polar surface area (TPSA) is 0 Å². The van der Waals surface area contributed by atoms with Crippen molar-refractivity contribution < 1.29 is 0 Å². The summed E-state index contributed by atoms with van der Waals surface area (Å²) < 4.78 is 0. The molecule has 14 heavy (non-hydrogen) atoms. The van der Waals surface area contributed by atoms with Crippen molar-refractivity contribution in [2.24, 2.45) is 11.8 Å². The molecule has 0 heteroatoms. The minimum atomic E-state index is 0.946. The second kappa shape index (κ2) is 13.0. The summed E-state index contributed by atoms with van der Waals surface area (Å²) in [6, 6.07) is 0. The van der Waals surface area contributed by atoms with E-state index in [1.54, 1.807) is 0 Å². The van der Waals surface area contributed by atoms with Crippen molar-refractivity contribution in [1.29, 1.82) is 0 Å². The van der Waals surface area contributed by atoms with E-state index in [2.05, 4.69) is 27.7 Å². The van der Waals surface area contributed by atoms with Gasteiger partial charge in [0.1, 0.15) is 0 Å². The molecule has 0 fully saturated rings. The van der Waals surface area contributed by atoms with Gasteiger partial charge in [-0.05, 0) is 18.3 Å². The van der Waals surface area contributed by atoms with E-state index in [9.17, 15) is 0 Å². The first-order valence-electron chi connectivity index (χ1n) is 6.70. The van der Waals surface area contributed by atoms with E-state index in [1.165, 1.54) is 38.5 Å². The standard InChI is InChI=1S/C12H26.C2H6/c1-5-7-9-12(4)10-11(3)8-6-2;1-2/h11-12H,5-10H2,1-4H3;1-2H3. The van der Waals surface area contributed by atoms with Gasteiger partial charge in [-0.2, -0.15) is 0 Å². The van der Waals surface area contributed by atoms with Crippen LogP contribution < -0.4 is 0 Å². The van der Waals surface area contributed by atoms with Gasteiger partial charge in [0.25, 0.3) is 0 Å². The Bertz CT molecular complexity index is 86.0. The molecule has 88 valence electrons. The molecule has 0 saturated carbocycles. The maximum Gasteiger partial charge on any atom is -0.0440 e. The van der Waals surface area contributed by atoms with Crippen molar-refractivity contribution in [3.63, 3.8) is 0 Å². The Morgan fingerprint density at radius 1 is 0.786 bits per heavy atom. The first-order chi connectivity index (χ1) is 6.70. The SMILES string of the molecule is CC.CCCCC(C)CC(C)CCC. The molecule has 0 bridgehead atoms. The summed E-state index contributed by atoms with van der Waals surface area (Å²) in [4.78, 5) is 0. The van der Waals surface area contributed by atoms with Crippen LogP contribution >= 0.6 is 0 Å². The van der Waals surface area contributed by atoms with E-state index in [0.717, 1.165) is 11.8 Å². The molecule has 0 rings (SSSR count). The van der Waals surface area contributed by atoms with Crippen LogP contribution in [-0.2, 0) is 0 Å². The summed E-state index contributed by atoms with van der Waals surface area (Å²) >= 11 is 0. The number of unbranched alkanes of at least 4 members (excludes halogenated alkanes) is 1. The normalized spacial score (nSPS) is 14.1. The molecule has 2 atom stereocenters. The summed E-state index contributed by atoms with van der Waals surface area (Å²) in [6.07, 6.45) is 8.41. The fourth-order valence-electron chi connectivity index (χ4n) is 1.97. The Balaban J connectivity index is 0. The fourth-order valence-corrected chi connectivity index (χ4v) is 1.97. The fraction of sp³-hybridized carbons (Fsp3) is 1.00. The number of hydrogen-bond acceptors (Lipinski definition) is 0. The summed E-state index contributed by atoms with van der Waals surface area (Å²) in [5, 5.41) is 0. The van der Waals surface area contributed by atoms with Crippen molar-refractivity contribution in [2.75, 3.05) is 0 Å². The van der Waals surface area contributed by atoms with Gasteiger partial charge in [0.2, 0.25) is 0 Å². The average molecular weight is 200 g/mol. The third kappa shape index (κ3) is 12.0. The molecular weight excluding hydrogens is 168 g/mol. The predicted octanol–water partition coefficient (Wildman–Crippen LogP) is 5.67. The minimum absolute atomic E-state index is 0.946. The van der Waals surface area contributed by atoms with Crippen molar-refractivity contribution >= 4 is 0 Å². The van der Waals surface area contributed by atoms with Gasteiger partial charge in [0.05, 0.1) is 0 Å². The highest BCUT2D eigenvalue weighted by atomic mass is 14.1. The summed E-state index contributed by atoms with van der Waals surface area (Å²) in [5.41, 5.74) is 0. The van der Waals surface area contributed by atoms with Gasteiger partial charge in [0.15, 0.2) is 0 Å². The highest BCUT2D eigenvalue weighted by Crippen LogP contribution is 2.20. The Morgan fingerprint density at radius 2 is 1.29 bits per heavy atom. The second-order valence-corrected chi connectivity index (χ2v) is 4.38. The molecule has 0 aliphatic rings. The van der Waals surface area contributed by atoms with Crippen LogP contribution in [0.15, 0.2) is 0 Å². The van der Waals surface area contributed by atoms with Crippen molar-refractivity contribution in [2.45, 2.75) is 80.1 Å². The minimum Gasteiger partial charge on any atom is -0.0683 e. The van der Waals surface area contributed by atoms with Crippen LogP contribution in [0.3, 0.4) is 0 Å². The molecule has 0 saturated heterocycles. The van der Waals surface area contributed by atoms with Gasteiger partial charge >= 0.3 is 0 Å². The zero-order valence-corrected chi connectivity index (χ0v) is 11.4. The van der Waals surface area contributed by atoms with Crippen LogP contribution in [0, 0.1) is 11.8 Å². The molecule has 0 aromatic heterocycles. The molecule has 0 nitrogen and oxygen atoms in total. The lowest BCUT2D eigenvalue weighted by atomic mass is 9.91. The van der Waals surface area contributed by atoms with E-state index < -0.39 is 0 Å². The molecular formula is C14H32. The molecule has 2 unspecified atom stereocenters.